The van der Waals surface area contributed by atoms with Crippen LogP contribution in [0.5, 0.6) is 0 Å². The smallest absolute Gasteiger partial charge is 0.228 e. The Balaban J connectivity index is 0.000000340. The molecular formula is C40H58N4O2S2. The van der Waals surface area contributed by atoms with Crippen molar-refractivity contribution in [2.75, 3.05) is 50.8 Å². The Morgan fingerprint density at radius 3 is 2.23 bits per heavy atom. The number of aromatic amines is 1. The first-order chi connectivity index (χ1) is 22.9. The normalized spacial score (nSPS) is 25.1. The molecule has 3 unspecified atom stereocenters. The number of ketones is 1. The van der Waals surface area contributed by atoms with E-state index in [2.05, 4.69) is 72.4 Å². The number of likely N-dealkylation sites (tertiary alicyclic amines) is 1. The van der Waals surface area contributed by atoms with Crippen LogP contribution in [0.1, 0.15) is 99.0 Å². The van der Waals surface area contributed by atoms with E-state index in [9.17, 15) is 9.59 Å². The van der Waals surface area contributed by atoms with E-state index in [1.54, 1.807) is 12.8 Å². The molecule has 4 heterocycles. The molecule has 1 aromatic carbocycles. The van der Waals surface area contributed by atoms with Crippen LogP contribution in [0.3, 0.4) is 0 Å². The van der Waals surface area contributed by atoms with Crippen LogP contribution in [0.2, 0.25) is 0 Å². The van der Waals surface area contributed by atoms with E-state index in [0.717, 1.165) is 81.0 Å². The van der Waals surface area contributed by atoms with Gasteiger partial charge in [-0.2, -0.15) is 11.8 Å². The molecular weight excluding hydrogens is 633 g/mol. The number of H-pyrrole nitrogens is 1. The molecule has 2 aromatic heterocycles. The molecule has 262 valence electrons. The number of hydrogen-bond acceptors (Lipinski definition) is 6. The number of fused-ring (bicyclic) bond motifs is 1. The molecule has 0 radical (unpaired) electrons. The maximum atomic E-state index is 14.0. The average Bonchev–Trinajstić information content (AvgIpc) is 3.39. The summed E-state index contributed by atoms with van der Waals surface area (Å²) in [5.41, 5.74) is 10.8. The number of piperidine rings is 1. The Morgan fingerprint density at radius 1 is 1.00 bits per heavy atom. The van der Waals surface area contributed by atoms with Gasteiger partial charge in [0.15, 0.2) is 5.78 Å². The number of hydrogen-bond donors (Lipinski definition) is 2. The predicted molar refractivity (Wildman–Crippen MR) is 204 cm³/mol. The van der Waals surface area contributed by atoms with Crippen LogP contribution in [0, 0.1) is 37.0 Å². The van der Waals surface area contributed by atoms with E-state index >= 15 is 0 Å². The predicted octanol–water partition coefficient (Wildman–Crippen LogP) is 8.44. The topological polar surface area (TPSA) is 82.4 Å². The SMILES string of the molecule is CCCC1CCC12CC2C.Cc1cc(C)cc(-c2[nH]c3sc(C(C)(C)C(N)=O)cc3c2C(=O)CN2CCC(CN3CCSCC3)CC2)c1. The van der Waals surface area contributed by atoms with Crippen LogP contribution in [0.4, 0.5) is 0 Å². The minimum Gasteiger partial charge on any atom is -0.369 e. The molecule has 48 heavy (non-hydrogen) atoms. The third kappa shape index (κ3) is 7.47. The van der Waals surface area contributed by atoms with Gasteiger partial charge in [-0.15, -0.1) is 11.3 Å². The Hall–Kier alpha value is -2.13. The largest absolute Gasteiger partial charge is 0.369 e. The van der Waals surface area contributed by atoms with E-state index in [-0.39, 0.29) is 11.7 Å². The maximum Gasteiger partial charge on any atom is 0.228 e. The van der Waals surface area contributed by atoms with E-state index in [4.69, 9.17) is 5.73 Å². The first-order valence-electron chi connectivity index (χ1n) is 18.5. The number of benzene rings is 1. The van der Waals surface area contributed by atoms with Gasteiger partial charge >= 0.3 is 0 Å². The highest BCUT2D eigenvalue weighted by Gasteiger charge is 2.60. The van der Waals surface area contributed by atoms with Crippen molar-refractivity contribution in [3.63, 3.8) is 0 Å². The van der Waals surface area contributed by atoms with Gasteiger partial charge in [-0.05, 0) is 120 Å². The van der Waals surface area contributed by atoms with Gasteiger partial charge in [0.25, 0.3) is 0 Å². The van der Waals surface area contributed by atoms with Crippen LogP contribution >= 0.6 is 23.1 Å². The second-order valence-electron chi connectivity index (χ2n) is 16.0. The molecule has 8 heteroatoms. The van der Waals surface area contributed by atoms with Crippen LogP contribution in [-0.2, 0) is 10.2 Å². The van der Waals surface area contributed by atoms with Gasteiger partial charge < -0.3 is 15.6 Å². The first kappa shape index (κ1) is 35.7. The summed E-state index contributed by atoms with van der Waals surface area (Å²) in [6, 6.07) is 8.43. The number of thiophene rings is 1. The fraction of sp³-hybridized carbons (Fsp3) is 0.650. The fourth-order valence-electron chi connectivity index (χ4n) is 8.72. The molecule has 7 rings (SSSR count). The summed E-state index contributed by atoms with van der Waals surface area (Å²) in [7, 11) is 0. The molecule has 4 aliphatic rings. The number of nitrogens with zero attached hydrogens (tertiary/aromatic N) is 2. The minimum absolute atomic E-state index is 0.137. The van der Waals surface area contributed by atoms with Gasteiger partial charge in [-0.1, -0.05) is 43.9 Å². The molecule has 1 spiro atoms. The zero-order valence-electron chi connectivity index (χ0n) is 30.3. The highest BCUT2D eigenvalue weighted by Crippen LogP contribution is 2.69. The Morgan fingerprint density at radius 2 is 1.67 bits per heavy atom. The molecule has 4 fully saturated rings. The van der Waals surface area contributed by atoms with E-state index < -0.39 is 5.41 Å². The van der Waals surface area contributed by atoms with Crippen molar-refractivity contribution >= 4 is 45.0 Å². The van der Waals surface area contributed by atoms with E-state index in [1.165, 1.54) is 72.9 Å². The number of Topliss-reactive ketones (excluding diaryl/α,β-unsaturated/α-hetero) is 1. The first-order valence-corrected chi connectivity index (χ1v) is 20.5. The number of nitrogens with two attached hydrogens (primary N) is 1. The summed E-state index contributed by atoms with van der Waals surface area (Å²) >= 11 is 3.58. The molecule has 3 atom stereocenters. The lowest BCUT2D eigenvalue weighted by Gasteiger charge is -2.38. The van der Waals surface area contributed by atoms with E-state index in [1.807, 2.05) is 19.9 Å². The highest BCUT2D eigenvalue weighted by molar-refractivity contribution is 7.99. The van der Waals surface area contributed by atoms with Gasteiger partial charge in [0.05, 0.1) is 23.2 Å². The molecule has 2 saturated carbocycles. The molecule has 2 aliphatic heterocycles. The highest BCUT2D eigenvalue weighted by atomic mass is 32.2. The summed E-state index contributed by atoms with van der Waals surface area (Å²) in [5, 5.41) is 0.899. The number of aryl methyl sites for hydroxylation is 2. The number of thioether (sulfide) groups is 1. The zero-order chi connectivity index (χ0) is 34.2. The molecule has 3 aromatic rings. The molecule has 3 N–H and O–H groups in total. The van der Waals surface area contributed by atoms with Crippen LogP contribution in [0.25, 0.3) is 21.5 Å². The molecule has 1 amide bonds. The van der Waals surface area contributed by atoms with Crippen molar-refractivity contribution in [1.29, 1.82) is 0 Å². The Bertz CT molecular complexity index is 1590. The second kappa shape index (κ2) is 14.6. The third-order valence-corrected chi connectivity index (χ3v) is 14.4. The number of aromatic nitrogens is 1. The molecule has 0 bridgehead atoms. The van der Waals surface area contributed by atoms with Crippen LogP contribution in [-0.4, -0.2) is 77.2 Å². The number of amides is 1. The standard InChI is InChI=1S/C30H40N4O2S2.C10H18/c1-19-13-20(2)15-22(14-19)27-26(23-16-25(38-28(23)32-27)30(3,4)29(31)36)24(35)18-33-7-5-21(6-8-33)17-34-9-11-37-12-10-34;1-3-4-9-5-6-10(9)7-8(10)2/h13-16,21,32H,5-12,17-18H2,1-4H3,(H2,31,36);8-9H,3-7H2,1-2H3. The average molecular weight is 691 g/mol. The minimum atomic E-state index is -0.792. The second-order valence-corrected chi connectivity index (χ2v) is 18.3. The quantitative estimate of drug-likeness (QED) is 0.209. The molecule has 2 aliphatic carbocycles. The van der Waals surface area contributed by atoms with Gasteiger partial charge in [-0.25, -0.2) is 0 Å². The number of rotatable bonds is 10. The number of carbonyl (C=O) groups excluding carboxylic acids is 2. The monoisotopic (exact) mass is 690 g/mol. The number of primary amides is 1. The fourth-order valence-corrected chi connectivity index (χ4v) is 10.9. The van der Waals surface area contributed by atoms with Crippen molar-refractivity contribution < 1.29 is 9.59 Å². The Kier molecular flexibility index (Phi) is 10.9. The van der Waals surface area contributed by atoms with Gasteiger partial charge in [-0.3, -0.25) is 14.5 Å². The molecule has 2 saturated heterocycles. The number of nitrogens with one attached hydrogen (secondary N) is 1. The third-order valence-electron chi connectivity index (χ3n) is 12.1. The van der Waals surface area contributed by atoms with Crippen molar-refractivity contribution in [3.05, 3.63) is 45.8 Å². The lowest BCUT2D eigenvalue weighted by molar-refractivity contribution is -0.122. The van der Waals surface area contributed by atoms with Crippen LogP contribution in [0.15, 0.2) is 24.3 Å². The van der Waals surface area contributed by atoms with Crippen molar-refractivity contribution in [1.82, 2.24) is 14.8 Å². The van der Waals surface area contributed by atoms with Gasteiger partial charge in [0, 0.05) is 41.4 Å². The number of carbonyl (C=O) groups is 2. The zero-order valence-corrected chi connectivity index (χ0v) is 31.9. The summed E-state index contributed by atoms with van der Waals surface area (Å²) in [6.07, 6.45) is 9.86. The summed E-state index contributed by atoms with van der Waals surface area (Å²) in [5.74, 6) is 5.22. The van der Waals surface area contributed by atoms with Gasteiger partial charge in [0.1, 0.15) is 4.83 Å². The van der Waals surface area contributed by atoms with Crippen molar-refractivity contribution in [2.24, 2.45) is 28.9 Å². The Labute approximate surface area is 297 Å². The van der Waals surface area contributed by atoms with Gasteiger partial charge in [0.2, 0.25) is 5.91 Å². The summed E-state index contributed by atoms with van der Waals surface area (Å²) in [6.45, 7) is 18.6. The lowest BCUT2D eigenvalue weighted by atomic mass is 9.67. The molecule has 6 nitrogen and oxygen atoms in total. The summed E-state index contributed by atoms with van der Waals surface area (Å²) in [4.78, 5) is 36.4. The van der Waals surface area contributed by atoms with Crippen molar-refractivity contribution in [3.8, 4) is 11.3 Å². The summed E-state index contributed by atoms with van der Waals surface area (Å²) < 4.78 is 0. The van der Waals surface area contributed by atoms with E-state index in [0.29, 0.717) is 6.54 Å². The van der Waals surface area contributed by atoms with Crippen molar-refractivity contribution in [2.45, 2.75) is 91.9 Å². The lowest BCUT2D eigenvalue weighted by Crippen LogP contribution is -2.42. The van der Waals surface area contributed by atoms with Crippen LogP contribution < -0.4 is 5.73 Å². The maximum absolute atomic E-state index is 14.0.